The average molecular weight is 612 g/mol. The summed E-state index contributed by atoms with van der Waals surface area (Å²) in [5.74, 6) is -0.288. The fourth-order valence-corrected chi connectivity index (χ4v) is 3.64. The number of carbonyl (C=O) groups is 4. The molecule has 0 aliphatic rings. The van der Waals surface area contributed by atoms with Crippen LogP contribution in [-0.2, 0) is 34.9 Å². The largest absolute Gasteiger partial charge is 0.513 e. The Balaban J connectivity index is 2.94. The Morgan fingerprint density at radius 3 is 1.91 bits per heavy atom. The summed E-state index contributed by atoms with van der Waals surface area (Å²) in [6.07, 6.45) is 2.67. The van der Waals surface area contributed by atoms with Crippen molar-refractivity contribution in [2.75, 3.05) is 33.5 Å². The van der Waals surface area contributed by atoms with E-state index in [1.807, 2.05) is 27.7 Å². The van der Waals surface area contributed by atoms with E-state index >= 15 is 0 Å². The standard InChI is InChI=1S/C31H49NO11/c1-7-9-11-16-38-30(35)42-26-14-13-24(20-27(26)43-31(36)39-17-12-10-8-2)19-25(28(33)37-6)32-21-23(5)41-29(34)40-18-15-22(3)4/h13-14,20,22-23,25,32H,7-12,15-19,21H2,1-6H3/t23?,25-/m0/s1. The Morgan fingerprint density at radius 2 is 1.35 bits per heavy atom. The molecule has 0 aromatic heterocycles. The number of nitrogens with one attached hydrogen (secondary N) is 1. The summed E-state index contributed by atoms with van der Waals surface area (Å²) in [4.78, 5) is 49.0. The highest BCUT2D eigenvalue weighted by Crippen LogP contribution is 2.30. The molecule has 1 aromatic rings. The highest BCUT2D eigenvalue weighted by atomic mass is 16.7. The van der Waals surface area contributed by atoms with Crippen LogP contribution in [0.4, 0.5) is 14.4 Å². The van der Waals surface area contributed by atoms with E-state index in [9.17, 15) is 19.2 Å². The summed E-state index contributed by atoms with van der Waals surface area (Å²) in [6, 6.07) is 3.69. The number of carbonyl (C=O) groups excluding carboxylic acids is 4. The SMILES string of the molecule is CCCCCOC(=O)Oc1ccc(C[C@H](NCC(C)OC(=O)OCCC(C)C)C(=O)OC)cc1OC(=O)OCCCCC. The lowest BCUT2D eigenvalue weighted by Gasteiger charge is -2.20. The monoisotopic (exact) mass is 611 g/mol. The van der Waals surface area contributed by atoms with E-state index in [1.54, 1.807) is 13.0 Å². The molecule has 0 radical (unpaired) electrons. The maximum Gasteiger partial charge on any atom is 0.513 e. The normalized spacial score (nSPS) is 12.2. The quantitative estimate of drug-likeness (QED) is 0.0758. The van der Waals surface area contributed by atoms with Crippen LogP contribution in [0.1, 0.15) is 85.1 Å². The van der Waals surface area contributed by atoms with Gasteiger partial charge in [0.25, 0.3) is 0 Å². The minimum absolute atomic E-state index is 0.0460. The molecule has 43 heavy (non-hydrogen) atoms. The van der Waals surface area contributed by atoms with E-state index in [0.29, 0.717) is 24.3 Å². The van der Waals surface area contributed by atoms with E-state index < -0.39 is 36.6 Å². The van der Waals surface area contributed by atoms with Gasteiger partial charge >= 0.3 is 24.4 Å². The van der Waals surface area contributed by atoms with Crippen LogP contribution in [0.5, 0.6) is 11.5 Å². The molecule has 0 saturated carbocycles. The van der Waals surface area contributed by atoms with Crippen LogP contribution in [-0.4, -0.2) is 70.1 Å². The van der Waals surface area contributed by atoms with Crippen molar-refractivity contribution in [2.24, 2.45) is 5.92 Å². The van der Waals surface area contributed by atoms with Gasteiger partial charge in [-0.2, -0.15) is 0 Å². The number of benzene rings is 1. The molecule has 1 unspecified atom stereocenters. The minimum Gasteiger partial charge on any atom is -0.468 e. The van der Waals surface area contributed by atoms with Crippen molar-refractivity contribution in [2.45, 2.75) is 98.1 Å². The smallest absolute Gasteiger partial charge is 0.468 e. The zero-order valence-electron chi connectivity index (χ0n) is 26.4. The molecule has 0 bridgehead atoms. The Hall–Kier alpha value is -3.54. The molecular weight excluding hydrogens is 562 g/mol. The summed E-state index contributed by atoms with van der Waals surface area (Å²) < 4.78 is 36.2. The Bertz CT molecular complexity index is 982. The van der Waals surface area contributed by atoms with Crippen LogP contribution in [0.25, 0.3) is 0 Å². The van der Waals surface area contributed by atoms with E-state index in [1.165, 1.54) is 19.2 Å². The van der Waals surface area contributed by atoms with Crippen LogP contribution in [0.2, 0.25) is 0 Å². The first-order valence-corrected chi connectivity index (χ1v) is 15.1. The molecule has 0 saturated heterocycles. The minimum atomic E-state index is -0.955. The van der Waals surface area contributed by atoms with Crippen molar-refractivity contribution in [3.8, 4) is 11.5 Å². The van der Waals surface area contributed by atoms with Gasteiger partial charge < -0.3 is 38.5 Å². The van der Waals surface area contributed by atoms with Crippen molar-refractivity contribution >= 4 is 24.4 Å². The van der Waals surface area contributed by atoms with Crippen molar-refractivity contribution < 1.29 is 52.3 Å². The summed E-state index contributed by atoms with van der Waals surface area (Å²) in [5, 5.41) is 3.03. The molecule has 0 aliphatic heterocycles. The second-order valence-corrected chi connectivity index (χ2v) is 10.5. The van der Waals surface area contributed by atoms with Gasteiger partial charge in [-0.05, 0) is 56.2 Å². The molecule has 12 heteroatoms. The number of ether oxygens (including phenoxy) is 7. The maximum atomic E-state index is 12.5. The number of hydrogen-bond acceptors (Lipinski definition) is 12. The molecular formula is C31H49NO11. The van der Waals surface area contributed by atoms with Crippen molar-refractivity contribution in [1.82, 2.24) is 5.32 Å². The van der Waals surface area contributed by atoms with Crippen LogP contribution in [0, 0.1) is 5.92 Å². The molecule has 1 rings (SSSR count). The number of unbranched alkanes of at least 4 members (excludes halogenated alkanes) is 4. The molecule has 0 amide bonds. The van der Waals surface area contributed by atoms with Crippen LogP contribution < -0.4 is 14.8 Å². The Kier molecular flexibility index (Phi) is 19.2. The lowest BCUT2D eigenvalue weighted by atomic mass is 10.0. The van der Waals surface area contributed by atoms with Crippen molar-refractivity contribution in [3.63, 3.8) is 0 Å². The van der Waals surface area contributed by atoms with Gasteiger partial charge in [-0.3, -0.25) is 4.79 Å². The summed E-state index contributed by atoms with van der Waals surface area (Å²) in [6.45, 7) is 10.5. The van der Waals surface area contributed by atoms with E-state index in [2.05, 4.69) is 5.32 Å². The van der Waals surface area contributed by atoms with Gasteiger partial charge in [-0.25, -0.2) is 14.4 Å². The number of hydrogen-bond donors (Lipinski definition) is 1. The molecule has 2 atom stereocenters. The zero-order chi connectivity index (χ0) is 32.0. The molecule has 0 fully saturated rings. The first-order chi connectivity index (χ1) is 20.6. The zero-order valence-corrected chi connectivity index (χ0v) is 26.4. The van der Waals surface area contributed by atoms with Gasteiger partial charge in [0.1, 0.15) is 12.1 Å². The third kappa shape index (κ3) is 17.2. The molecule has 1 aromatic carbocycles. The molecule has 0 heterocycles. The van der Waals surface area contributed by atoms with Crippen molar-refractivity contribution in [3.05, 3.63) is 23.8 Å². The summed E-state index contributed by atoms with van der Waals surface area (Å²) in [7, 11) is 1.26. The maximum absolute atomic E-state index is 12.5. The number of rotatable bonds is 20. The van der Waals surface area contributed by atoms with Gasteiger partial charge in [0.05, 0.1) is 26.9 Å². The third-order valence-electron chi connectivity index (χ3n) is 6.12. The first kappa shape index (κ1) is 37.5. The lowest BCUT2D eigenvalue weighted by molar-refractivity contribution is -0.143. The Morgan fingerprint density at radius 1 is 0.767 bits per heavy atom. The molecule has 244 valence electrons. The van der Waals surface area contributed by atoms with Gasteiger partial charge in [0.15, 0.2) is 11.5 Å². The molecule has 0 aliphatic carbocycles. The van der Waals surface area contributed by atoms with E-state index in [0.717, 1.165) is 32.1 Å². The second kappa shape index (κ2) is 22.1. The van der Waals surface area contributed by atoms with Crippen LogP contribution in [0.15, 0.2) is 18.2 Å². The van der Waals surface area contributed by atoms with E-state index in [4.69, 9.17) is 33.2 Å². The number of esters is 1. The second-order valence-electron chi connectivity index (χ2n) is 10.5. The molecule has 1 N–H and O–H groups in total. The van der Waals surface area contributed by atoms with E-state index in [-0.39, 0.29) is 44.3 Å². The van der Waals surface area contributed by atoms with Gasteiger partial charge in [0.2, 0.25) is 0 Å². The predicted octanol–water partition coefficient (Wildman–Crippen LogP) is 6.36. The van der Waals surface area contributed by atoms with Gasteiger partial charge in [0, 0.05) is 6.54 Å². The topological polar surface area (TPSA) is 145 Å². The fourth-order valence-electron chi connectivity index (χ4n) is 3.64. The highest BCUT2D eigenvalue weighted by molar-refractivity contribution is 5.76. The third-order valence-corrected chi connectivity index (χ3v) is 6.12. The Labute approximate surface area is 255 Å². The predicted molar refractivity (Wildman–Crippen MR) is 158 cm³/mol. The fraction of sp³-hybridized carbons (Fsp3) is 0.677. The lowest BCUT2D eigenvalue weighted by Crippen LogP contribution is -2.43. The molecule has 0 spiro atoms. The van der Waals surface area contributed by atoms with Gasteiger partial charge in [-0.15, -0.1) is 0 Å². The summed E-state index contributed by atoms with van der Waals surface area (Å²) in [5.41, 5.74) is 0.557. The van der Waals surface area contributed by atoms with Crippen LogP contribution >= 0.6 is 0 Å². The highest BCUT2D eigenvalue weighted by Gasteiger charge is 2.23. The number of methoxy groups -OCH3 is 1. The van der Waals surface area contributed by atoms with Crippen molar-refractivity contribution in [1.29, 1.82) is 0 Å². The first-order valence-electron chi connectivity index (χ1n) is 15.1. The summed E-state index contributed by atoms with van der Waals surface area (Å²) >= 11 is 0. The van der Waals surface area contributed by atoms with Gasteiger partial charge in [-0.1, -0.05) is 59.4 Å². The molecule has 12 nitrogen and oxygen atoms in total. The van der Waals surface area contributed by atoms with Crippen LogP contribution in [0.3, 0.4) is 0 Å². The average Bonchev–Trinajstić information content (AvgIpc) is 2.96.